The van der Waals surface area contributed by atoms with Crippen LogP contribution in [-0.4, -0.2) is 31.5 Å². The van der Waals surface area contributed by atoms with Gasteiger partial charge < -0.3 is 15.3 Å². The van der Waals surface area contributed by atoms with E-state index in [0.29, 0.717) is 5.82 Å². The number of pyridine rings is 1. The first-order valence-electron chi connectivity index (χ1n) is 9.45. The van der Waals surface area contributed by atoms with Crippen LogP contribution in [0, 0.1) is 0 Å². The third-order valence-electron chi connectivity index (χ3n) is 4.53. The second kappa shape index (κ2) is 8.04. The van der Waals surface area contributed by atoms with E-state index in [1.165, 1.54) is 6.07 Å². The van der Waals surface area contributed by atoms with Crippen molar-refractivity contribution in [3.8, 4) is 11.4 Å². The fourth-order valence-corrected chi connectivity index (χ4v) is 3.06. The number of benzene rings is 1. The molecule has 0 fully saturated rings. The minimum atomic E-state index is -0.144. The molecular weight excluding hydrogens is 352 g/mol. The topological polar surface area (TPSA) is 99.3 Å². The number of rotatable bonds is 7. The van der Waals surface area contributed by atoms with Crippen LogP contribution in [0.15, 0.2) is 53.5 Å². The molecule has 0 spiro atoms. The van der Waals surface area contributed by atoms with E-state index >= 15 is 0 Å². The van der Waals surface area contributed by atoms with E-state index < -0.39 is 0 Å². The molecule has 1 aromatic carbocycles. The van der Waals surface area contributed by atoms with Crippen molar-refractivity contribution >= 4 is 16.9 Å². The average Bonchev–Trinajstić information content (AvgIpc) is 3.14. The molecule has 4 aromatic rings. The number of aromatic amines is 2. The van der Waals surface area contributed by atoms with Crippen molar-refractivity contribution in [1.82, 2.24) is 24.9 Å². The van der Waals surface area contributed by atoms with Crippen molar-refractivity contribution in [1.29, 1.82) is 0 Å². The lowest BCUT2D eigenvalue weighted by atomic mass is 10.2. The molecule has 0 aliphatic rings. The summed E-state index contributed by atoms with van der Waals surface area (Å²) >= 11 is 0. The highest BCUT2D eigenvalue weighted by atomic mass is 16.1. The van der Waals surface area contributed by atoms with Gasteiger partial charge in [-0.25, -0.2) is 15.0 Å². The molecule has 7 heteroatoms. The molecule has 0 bridgehead atoms. The van der Waals surface area contributed by atoms with Gasteiger partial charge in [0.05, 0.1) is 11.0 Å². The minimum absolute atomic E-state index is 0.144. The van der Waals surface area contributed by atoms with Crippen molar-refractivity contribution in [2.45, 2.75) is 26.2 Å². The summed E-state index contributed by atoms with van der Waals surface area (Å²) < 4.78 is 0. The van der Waals surface area contributed by atoms with Crippen molar-refractivity contribution in [3.63, 3.8) is 0 Å². The van der Waals surface area contributed by atoms with Crippen LogP contribution in [0.25, 0.3) is 22.4 Å². The molecule has 0 radical (unpaired) electrons. The summed E-state index contributed by atoms with van der Waals surface area (Å²) in [4.78, 5) is 31.3. The molecule has 3 aromatic heterocycles. The Labute approximate surface area is 162 Å². The largest absolute Gasteiger partial charge is 0.370 e. The molecule has 3 N–H and O–H groups in total. The predicted octanol–water partition coefficient (Wildman–Crippen LogP) is 3.32. The van der Waals surface area contributed by atoms with Crippen LogP contribution in [0.2, 0.25) is 0 Å². The quantitative estimate of drug-likeness (QED) is 0.431. The molecular formula is C21H22N6O. The molecule has 0 aliphatic heterocycles. The zero-order valence-electron chi connectivity index (χ0n) is 15.7. The second-order valence-corrected chi connectivity index (χ2v) is 6.60. The van der Waals surface area contributed by atoms with Crippen LogP contribution in [0.1, 0.15) is 24.9 Å². The first kappa shape index (κ1) is 17.9. The van der Waals surface area contributed by atoms with Gasteiger partial charge in [-0.1, -0.05) is 19.1 Å². The van der Waals surface area contributed by atoms with E-state index in [-0.39, 0.29) is 5.56 Å². The molecule has 28 heavy (non-hydrogen) atoms. The lowest BCUT2D eigenvalue weighted by Crippen LogP contribution is -2.10. The lowest BCUT2D eigenvalue weighted by molar-refractivity contribution is 0.817. The number of imidazole rings is 1. The van der Waals surface area contributed by atoms with Crippen molar-refractivity contribution in [2.24, 2.45) is 0 Å². The third-order valence-corrected chi connectivity index (χ3v) is 4.53. The molecule has 0 amide bonds. The molecule has 0 saturated carbocycles. The van der Waals surface area contributed by atoms with E-state index in [2.05, 4.69) is 30.2 Å². The Balaban J connectivity index is 1.33. The Morgan fingerprint density at radius 1 is 1.07 bits per heavy atom. The first-order chi connectivity index (χ1) is 13.7. The number of fused-ring (bicyclic) bond motifs is 1. The summed E-state index contributed by atoms with van der Waals surface area (Å²) in [6, 6.07) is 13.4. The van der Waals surface area contributed by atoms with Crippen LogP contribution in [0.5, 0.6) is 0 Å². The maximum Gasteiger partial charge on any atom is 0.251 e. The molecule has 0 unspecified atom stereocenters. The summed E-state index contributed by atoms with van der Waals surface area (Å²) in [7, 11) is 0. The Kier molecular flexibility index (Phi) is 5.14. The van der Waals surface area contributed by atoms with Gasteiger partial charge in [-0.05, 0) is 37.1 Å². The Bertz CT molecular complexity index is 1100. The van der Waals surface area contributed by atoms with Crippen LogP contribution in [0.4, 0.5) is 5.82 Å². The van der Waals surface area contributed by atoms with Gasteiger partial charge in [0.2, 0.25) is 0 Å². The fraction of sp³-hybridized carbons (Fsp3) is 0.238. The van der Waals surface area contributed by atoms with Gasteiger partial charge in [0.15, 0.2) is 0 Å². The Morgan fingerprint density at radius 2 is 1.96 bits per heavy atom. The van der Waals surface area contributed by atoms with Crippen LogP contribution in [0.3, 0.4) is 0 Å². The monoisotopic (exact) mass is 374 g/mol. The number of aryl methyl sites for hydroxylation is 2. The number of anilines is 1. The van der Waals surface area contributed by atoms with Gasteiger partial charge in [-0.2, -0.15) is 0 Å². The lowest BCUT2D eigenvalue weighted by Gasteiger charge is -2.06. The van der Waals surface area contributed by atoms with Gasteiger partial charge in [-0.3, -0.25) is 4.79 Å². The SMILES string of the molecule is CCc1cc(=O)[nH]c(-c2ccc(NCCCc3nc4ccccc4[nH]3)nc2)n1. The molecule has 0 saturated heterocycles. The van der Waals surface area contributed by atoms with Gasteiger partial charge in [0.25, 0.3) is 5.56 Å². The summed E-state index contributed by atoms with van der Waals surface area (Å²) in [5.41, 5.74) is 3.49. The summed E-state index contributed by atoms with van der Waals surface area (Å²) in [6.45, 7) is 2.77. The number of hydrogen-bond donors (Lipinski definition) is 3. The van der Waals surface area contributed by atoms with Gasteiger partial charge >= 0.3 is 0 Å². The number of nitrogens with zero attached hydrogens (tertiary/aromatic N) is 3. The minimum Gasteiger partial charge on any atom is -0.370 e. The molecule has 0 atom stereocenters. The number of hydrogen-bond acceptors (Lipinski definition) is 5. The highest BCUT2D eigenvalue weighted by Gasteiger charge is 2.05. The Morgan fingerprint density at radius 3 is 2.75 bits per heavy atom. The van der Waals surface area contributed by atoms with Crippen LogP contribution >= 0.6 is 0 Å². The highest BCUT2D eigenvalue weighted by Crippen LogP contribution is 2.15. The first-order valence-corrected chi connectivity index (χ1v) is 9.45. The molecule has 0 aliphatic carbocycles. The van der Waals surface area contributed by atoms with E-state index in [9.17, 15) is 4.79 Å². The normalized spacial score (nSPS) is 11.0. The molecule has 4 rings (SSSR count). The zero-order chi connectivity index (χ0) is 19.3. The number of para-hydroxylation sites is 2. The number of aromatic nitrogens is 5. The van der Waals surface area contributed by atoms with E-state index in [1.807, 2.05) is 43.3 Å². The molecule has 3 heterocycles. The summed E-state index contributed by atoms with van der Waals surface area (Å²) in [5, 5.41) is 3.32. The van der Waals surface area contributed by atoms with Gasteiger partial charge in [0.1, 0.15) is 17.5 Å². The standard InChI is InChI=1S/C21H22N6O/c1-2-15-12-20(28)27-21(24-15)14-9-10-18(23-13-14)22-11-5-8-19-25-16-6-3-4-7-17(16)26-19/h3-4,6-7,9-10,12-13H,2,5,8,11H2,1H3,(H,22,23)(H,25,26)(H,24,27,28). The second-order valence-electron chi connectivity index (χ2n) is 6.60. The van der Waals surface area contributed by atoms with E-state index in [1.54, 1.807) is 6.20 Å². The maximum absolute atomic E-state index is 11.7. The van der Waals surface area contributed by atoms with Crippen molar-refractivity contribution in [3.05, 3.63) is 70.5 Å². The predicted molar refractivity (Wildman–Crippen MR) is 110 cm³/mol. The van der Waals surface area contributed by atoms with Gasteiger partial charge in [-0.15, -0.1) is 0 Å². The van der Waals surface area contributed by atoms with Crippen molar-refractivity contribution < 1.29 is 0 Å². The Hall–Kier alpha value is -3.48. The third kappa shape index (κ3) is 4.09. The van der Waals surface area contributed by atoms with E-state index in [0.717, 1.165) is 59.7 Å². The number of H-pyrrole nitrogens is 2. The fourth-order valence-electron chi connectivity index (χ4n) is 3.06. The molecule has 142 valence electrons. The van der Waals surface area contributed by atoms with Crippen molar-refractivity contribution in [2.75, 3.05) is 11.9 Å². The molecule has 7 nitrogen and oxygen atoms in total. The summed E-state index contributed by atoms with van der Waals surface area (Å²) in [6.07, 6.45) is 4.25. The zero-order valence-corrected chi connectivity index (χ0v) is 15.7. The smallest absolute Gasteiger partial charge is 0.251 e. The van der Waals surface area contributed by atoms with E-state index in [4.69, 9.17) is 0 Å². The van der Waals surface area contributed by atoms with Gasteiger partial charge in [0, 0.05) is 36.5 Å². The van der Waals surface area contributed by atoms with Crippen LogP contribution < -0.4 is 10.9 Å². The average molecular weight is 374 g/mol. The summed E-state index contributed by atoms with van der Waals surface area (Å²) in [5.74, 6) is 2.34. The highest BCUT2D eigenvalue weighted by molar-refractivity contribution is 5.74. The van der Waals surface area contributed by atoms with Crippen LogP contribution in [-0.2, 0) is 12.8 Å². The maximum atomic E-state index is 11.7. The number of nitrogens with one attached hydrogen (secondary N) is 3.